The van der Waals surface area contributed by atoms with Crippen LogP contribution in [0, 0.1) is 24.1 Å². The number of nitrogens with one attached hydrogen (secondary N) is 1. The second kappa shape index (κ2) is 5.25. The van der Waals surface area contributed by atoms with Crippen LogP contribution in [0.1, 0.15) is 17.0 Å². The SMILES string of the molecule is Cc1nc2ccccn2c1CNc1ccc(F)c(C#N)c1. The molecule has 3 aromatic rings. The van der Waals surface area contributed by atoms with Crippen molar-refractivity contribution >= 4 is 11.3 Å². The maximum Gasteiger partial charge on any atom is 0.141 e. The molecule has 1 aromatic carbocycles. The van der Waals surface area contributed by atoms with E-state index in [1.165, 1.54) is 12.1 Å². The van der Waals surface area contributed by atoms with Gasteiger partial charge in [-0.1, -0.05) is 6.07 Å². The zero-order chi connectivity index (χ0) is 14.8. The van der Waals surface area contributed by atoms with Crippen LogP contribution in [0.3, 0.4) is 0 Å². The molecule has 4 nitrogen and oxygen atoms in total. The van der Waals surface area contributed by atoms with Crippen molar-refractivity contribution in [2.75, 3.05) is 5.32 Å². The predicted octanol–water partition coefficient (Wildman–Crippen LogP) is 3.27. The number of nitriles is 1. The number of aromatic nitrogens is 2. The zero-order valence-corrected chi connectivity index (χ0v) is 11.5. The third kappa shape index (κ3) is 2.43. The largest absolute Gasteiger partial charge is 0.379 e. The van der Waals surface area contributed by atoms with Crippen molar-refractivity contribution in [1.82, 2.24) is 9.38 Å². The predicted molar refractivity (Wildman–Crippen MR) is 78.4 cm³/mol. The van der Waals surface area contributed by atoms with Crippen molar-refractivity contribution in [1.29, 1.82) is 5.26 Å². The van der Waals surface area contributed by atoms with E-state index in [-0.39, 0.29) is 5.56 Å². The Kier molecular flexibility index (Phi) is 3.28. The number of nitrogens with zero attached hydrogens (tertiary/aromatic N) is 3. The number of pyridine rings is 1. The third-order valence-corrected chi connectivity index (χ3v) is 3.38. The Morgan fingerprint density at radius 2 is 2.19 bits per heavy atom. The number of anilines is 1. The molecule has 0 aliphatic heterocycles. The summed E-state index contributed by atoms with van der Waals surface area (Å²) in [5, 5.41) is 12.1. The molecule has 21 heavy (non-hydrogen) atoms. The topological polar surface area (TPSA) is 53.1 Å². The Labute approximate surface area is 121 Å². The van der Waals surface area contributed by atoms with E-state index in [2.05, 4.69) is 10.3 Å². The molecule has 0 aliphatic carbocycles. The van der Waals surface area contributed by atoms with Crippen LogP contribution in [-0.4, -0.2) is 9.38 Å². The minimum Gasteiger partial charge on any atom is -0.379 e. The van der Waals surface area contributed by atoms with E-state index in [9.17, 15) is 4.39 Å². The van der Waals surface area contributed by atoms with Crippen LogP contribution in [0.2, 0.25) is 0 Å². The van der Waals surface area contributed by atoms with Gasteiger partial charge in [0.2, 0.25) is 0 Å². The number of rotatable bonds is 3. The van der Waals surface area contributed by atoms with Crippen LogP contribution < -0.4 is 5.32 Å². The molecule has 0 amide bonds. The van der Waals surface area contributed by atoms with Gasteiger partial charge in [0, 0.05) is 11.9 Å². The first kappa shape index (κ1) is 13.1. The van der Waals surface area contributed by atoms with Crippen molar-refractivity contribution in [2.24, 2.45) is 0 Å². The fourth-order valence-electron chi connectivity index (χ4n) is 2.28. The Morgan fingerprint density at radius 3 is 3.00 bits per heavy atom. The van der Waals surface area contributed by atoms with Gasteiger partial charge in [0.05, 0.1) is 23.5 Å². The third-order valence-electron chi connectivity index (χ3n) is 3.38. The zero-order valence-electron chi connectivity index (χ0n) is 11.5. The summed E-state index contributed by atoms with van der Waals surface area (Å²) in [6.45, 7) is 2.50. The van der Waals surface area contributed by atoms with Gasteiger partial charge >= 0.3 is 0 Å². The second-order valence-electron chi connectivity index (χ2n) is 4.73. The lowest BCUT2D eigenvalue weighted by molar-refractivity contribution is 0.624. The van der Waals surface area contributed by atoms with Gasteiger partial charge in [-0.2, -0.15) is 5.26 Å². The van der Waals surface area contributed by atoms with E-state index >= 15 is 0 Å². The Balaban J connectivity index is 1.87. The fraction of sp³-hybridized carbons (Fsp3) is 0.125. The summed E-state index contributed by atoms with van der Waals surface area (Å²) in [4.78, 5) is 4.48. The van der Waals surface area contributed by atoms with Crippen LogP contribution in [0.15, 0.2) is 42.6 Å². The molecule has 5 heteroatoms. The van der Waals surface area contributed by atoms with E-state index < -0.39 is 5.82 Å². The number of hydrogen-bond donors (Lipinski definition) is 1. The lowest BCUT2D eigenvalue weighted by atomic mass is 10.2. The molecular formula is C16H13FN4. The summed E-state index contributed by atoms with van der Waals surface area (Å²) >= 11 is 0. The maximum atomic E-state index is 13.3. The quantitative estimate of drug-likeness (QED) is 0.801. The van der Waals surface area contributed by atoms with E-state index in [0.29, 0.717) is 12.2 Å². The van der Waals surface area contributed by atoms with Crippen LogP contribution in [0.5, 0.6) is 0 Å². The van der Waals surface area contributed by atoms with Crippen LogP contribution >= 0.6 is 0 Å². The number of benzene rings is 1. The average molecular weight is 280 g/mol. The van der Waals surface area contributed by atoms with E-state index in [0.717, 1.165) is 17.0 Å². The smallest absolute Gasteiger partial charge is 0.141 e. The van der Waals surface area contributed by atoms with Crippen molar-refractivity contribution in [2.45, 2.75) is 13.5 Å². The number of imidazole rings is 1. The molecule has 2 heterocycles. The fourth-order valence-corrected chi connectivity index (χ4v) is 2.28. The monoisotopic (exact) mass is 280 g/mol. The maximum absolute atomic E-state index is 13.3. The van der Waals surface area contributed by atoms with E-state index in [1.54, 1.807) is 6.07 Å². The molecular weight excluding hydrogens is 267 g/mol. The first-order valence-electron chi connectivity index (χ1n) is 6.55. The van der Waals surface area contributed by atoms with Crippen LogP contribution in [0.4, 0.5) is 10.1 Å². The highest BCUT2D eigenvalue weighted by Crippen LogP contribution is 2.17. The lowest BCUT2D eigenvalue weighted by Gasteiger charge is -2.08. The molecule has 0 aliphatic rings. The Morgan fingerprint density at radius 1 is 1.33 bits per heavy atom. The van der Waals surface area contributed by atoms with Gasteiger partial charge in [-0.25, -0.2) is 9.37 Å². The normalized spacial score (nSPS) is 10.5. The number of halogens is 1. The molecule has 1 N–H and O–H groups in total. The molecule has 2 aromatic heterocycles. The molecule has 0 atom stereocenters. The molecule has 0 unspecified atom stereocenters. The number of fused-ring (bicyclic) bond motifs is 1. The highest BCUT2D eigenvalue weighted by molar-refractivity contribution is 5.51. The molecule has 0 saturated carbocycles. The highest BCUT2D eigenvalue weighted by atomic mass is 19.1. The molecule has 3 rings (SSSR count). The minimum atomic E-state index is -0.506. The van der Waals surface area contributed by atoms with Crippen molar-refractivity contribution in [3.05, 3.63) is 65.4 Å². The lowest BCUT2D eigenvalue weighted by Crippen LogP contribution is -2.04. The van der Waals surface area contributed by atoms with Gasteiger partial charge in [-0.15, -0.1) is 0 Å². The van der Waals surface area contributed by atoms with Crippen molar-refractivity contribution in [3.8, 4) is 6.07 Å². The highest BCUT2D eigenvalue weighted by Gasteiger charge is 2.08. The van der Waals surface area contributed by atoms with Crippen LogP contribution in [-0.2, 0) is 6.54 Å². The van der Waals surface area contributed by atoms with E-state index in [1.807, 2.05) is 41.8 Å². The number of aryl methyl sites for hydroxylation is 1. The average Bonchev–Trinajstić information content (AvgIpc) is 2.82. The van der Waals surface area contributed by atoms with E-state index in [4.69, 9.17) is 5.26 Å². The van der Waals surface area contributed by atoms with Gasteiger partial charge in [0.25, 0.3) is 0 Å². The first-order valence-corrected chi connectivity index (χ1v) is 6.55. The summed E-state index contributed by atoms with van der Waals surface area (Å²) < 4.78 is 15.3. The second-order valence-corrected chi connectivity index (χ2v) is 4.73. The van der Waals surface area contributed by atoms with Crippen molar-refractivity contribution < 1.29 is 4.39 Å². The van der Waals surface area contributed by atoms with Crippen molar-refractivity contribution in [3.63, 3.8) is 0 Å². The summed E-state index contributed by atoms with van der Waals surface area (Å²) in [6.07, 6.45) is 1.96. The van der Waals surface area contributed by atoms with Gasteiger partial charge in [-0.3, -0.25) is 0 Å². The summed E-state index contributed by atoms with van der Waals surface area (Å²) in [7, 11) is 0. The molecule has 0 spiro atoms. The molecule has 0 radical (unpaired) electrons. The Hall–Kier alpha value is -2.87. The standard InChI is InChI=1S/C16H13FN4/c1-11-15(21-7-3-2-4-16(21)20-11)10-19-13-5-6-14(17)12(8-13)9-18/h2-8,19H,10H2,1H3. The van der Waals surface area contributed by atoms with Crippen LogP contribution in [0.25, 0.3) is 5.65 Å². The van der Waals surface area contributed by atoms with Gasteiger partial charge in [0.15, 0.2) is 0 Å². The molecule has 0 saturated heterocycles. The first-order chi connectivity index (χ1) is 10.2. The summed E-state index contributed by atoms with van der Waals surface area (Å²) in [5.74, 6) is -0.506. The van der Waals surface area contributed by atoms with Gasteiger partial charge in [0.1, 0.15) is 17.5 Å². The van der Waals surface area contributed by atoms with Gasteiger partial charge < -0.3 is 9.72 Å². The molecule has 0 bridgehead atoms. The summed E-state index contributed by atoms with van der Waals surface area (Å²) in [5.41, 5.74) is 3.61. The number of hydrogen-bond acceptors (Lipinski definition) is 3. The Bertz CT molecular complexity index is 845. The summed E-state index contributed by atoms with van der Waals surface area (Å²) in [6, 6.07) is 12.1. The van der Waals surface area contributed by atoms with Gasteiger partial charge in [-0.05, 0) is 37.3 Å². The minimum absolute atomic E-state index is 0.0369. The molecule has 104 valence electrons. The molecule has 0 fully saturated rings.